The summed E-state index contributed by atoms with van der Waals surface area (Å²) in [7, 11) is 0. The van der Waals surface area contributed by atoms with Crippen LogP contribution in [0.3, 0.4) is 0 Å². The zero-order chi connectivity index (χ0) is 19.8. The summed E-state index contributed by atoms with van der Waals surface area (Å²) in [5, 5.41) is 9.70. The molecule has 0 aromatic heterocycles. The molecule has 0 spiro atoms. The van der Waals surface area contributed by atoms with Crippen LogP contribution in [0.4, 0.5) is 11.4 Å². The molecule has 3 rings (SSSR count). The maximum Gasteiger partial charge on any atom is 0.255 e. The minimum Gasteiger partial charge on any atom is -0.494 e. The van der Waals surface area contributed by atoms with E-state index in [0.717, 1.165) is 36.6 Å². The van der Waals surface area contributed by atoms with E-state index in [4.69, 9.17) is 21.7 Å². The van der Waals surface area contributed by atoms with Crippen molar-refractivity contribution in [2.24, 2.45) is 0 Å². The lowest BCUT2D eigenvalue weighted by Crippen LogP contribution is -2.34. The second kappa shape index (κ2) is 10.1. The first-order valence-electron chi connectivity index (χ1n) is 9.45. The van der Waals surface area contributed by atoms with Gasteiger partial charge in [0, 0.05) is 30.1 Å². The molecule has 1 atom stereocenters. The number of thiocarbonyl (C=S) groups is 1. The number of hydrogen-bond acceptors (Lipinski definition) is 4. The SMILES string of the molecule is CCOc1ccc(NC(=O)c2ccc(NC(=S)NC[C@@H]3CCCO3)cc2)cc1. The van der Waals surface area contributed by atoms with Gasteiger partial charge in [0.05, 0.1) is 12.7 Å². The van der Waals surface area contributed by atoms with Crippen LogP contribution >= 0.6 is 12.2 Å². The number of rotatable bonds is 7. The summed E-state index contributed by atoms with van der Waals surface area (Å²) in [6, 6.07) is 14.5. The van der Waals surface area contributed by atoms with Gasteiger partial charge in [-0.15, -0.1) is 0 Å². The van der Waals surface area contributed by atoms with Crippen molar-refractivity contribution in [1.29, 1.82) is 0 Å². The van der Waals surface area contributed by atoms with E-state index in [1.807, 2.05) is 43.3 Å². The average Bonchev–Trinajstić information content (AvgIpc) is 3.22. The van der Waals surface area contributed by atoms with Crippen molar-refractivity contribution in [3.63, 3.8) is 0 Å². The summed E-state index contributed by atoms with van der Waals surface area (Å²) < 4.78 is 11.0. The molecular formula is C21H25N3O3S. The Labute approximate surface area is 170 Å². The highest BCUT2D eigenvalue weighted by Crippen LogP contribution is 2.17. The molecule has 0 radical (unpaired) electrons. The average molecular weight is 400 g/mol. The first-order valence-corrected chi connectivity index (χ1v) is 9.85. The fraction of sp³-hybridized carbons (Fsp3) is 0.333. The van der Waals surface area contributed by atoms with Crippen molar-refractivity contribution in [1.82, 2.24) is 5.32 Å². The van der Waals surface area contributed by atoms with Gasteiger partial charge >= 0.3 is 0 Å². The van der Waals surface area contributed by atoms with E-state index < -0.39 is 0 Å². The number of hydrogen-bond donors (Lipinski definition) is 3. The van der Waals surface area contributed by atoms with Gasteiger partial charge in [-0.3, -0.25) is 4.79 Å². The molecule has 3 N–H and O–H groups in total. The van der Waals surface area contributed by atoms with Crippen LogP contribution in [-0.4, -0.2) is 36.9 Å². The minimum atomic E-state index is -0.171. The van der Waals surface area contributed by atoms with Crippen LogP contribution in [-0.2, 0) is 4.74 Å². The second-order valence-electron chi connectivity index (χ2n) is 6.46. The number of benzene rings is 2. The largest absolute Gasteiger partial charge is 0.494 e. The standard InChI is InChI=1S/C21H25N3O3S/c1-2-26-18-11-9-16(10-12-18)23-20(25)15-5-7-17(8-6-15)24-21(28)22-14-19-4-3-13-27-19/h5-12,19H,2-4,13-14H2,1H3,(H,23,25)(H2,22,24,28)/t19-/m0/s1. The molecule has 0 unspecified atom stereocenters. The molecule has 0 saturated carbocycles. The highest BCUT2D eigenvalue weighted by Gasteiger charge is 2.15. The number of carbonyl (C=O) groups excluding carboxylic acids is 1. The van der Waals surface area contributed by atoms with Gasteiger partial charge in [-0.1, -0.05) is 0 Å². The van der Waals surface area contributed by atoms with Gasteiger partial charge < -0.3 is 25.4 Å². The Balaban J connectivity index is 1.48. The molecule has 1 heterocycles. The Bertz CT molecular complexity index is 788. The van der Waals surface area contributed by atoms with Gasteiger partial charge in [-0.05, 0) is 80.5 Å². The van der Waals surface area contributed by atoms with Crippen LogP contribution in [0.1, 0.15) is 30.1 Å². The molecule has 1 aliphatic heterocycles. The lowest BCUT2D eigenvalue weighted by molar-refractivity contribution is 0.102. The predicted octanol–water partition coefficient (Wildman–Crippen LogP) is 3.80. The molecule has 6 nitrogen and oxygen atoms in total. The summed E-state index contributed by atoms with van der Waals surface area (Å²) in [4.78, 5) is 12.4. The predicted molar refractivity (Wildman–Crippen MR) is 115 cm³/mol. The quantitative estimate of drug-likeness (QED) is 0.615. The molecule has 28 heavy (non-hydrogen) atoms. The molecule has 0 bridgehead atoms. The highest BCUT2D eigenvalue weighted by atomic mass is 32.1. The molecule has 1 aliphatic rings. The van der Waals surface area contributed by atoms with E-state index in [1.165, 1.54) is 0 Å². The molecule has 7 heteroatoms. The number of amides is 1. The molecule has 2 aromatic carbocycles. The van der Waals surface area contributed by atoms with Gasteiger partial charge in [-0.25, -0.2) is 0 Å². The Morgan fingerprint density at radius 2 is 1.79 bits per heavy atom. The van der Waals surface area contributed by atoms with Crippen LogP contribution < -0.4 is 20.7 Å². The topological polar surface area (TPSA) is 71.6 Å². The van der Waals surface area contributed by atoms with Crippen molar-refractivity contribution >= 4 is 34.6 Å². The van der Waals surface area contributed by atoms with Gasteiger partial charge in [0.2, 0.25) is 0 Å². The van der Waals surface area contributed by atoms with Gasteiger partial charge in [-0.2, -0.15) is 0 Å². The normalized spacial score (nSPS) is 15.7. The Morgan fingerprint density at radius 3 is 2.43 bits per heavy atom. The van der Waals surface area contributed by atoms with E-state index >= 15 is 0 Å². The van der Waals surface area contributed by atoms with Crippen LogP contribution in [0.5, 0.6) is 5.75 Å². The number of anilines is 2. The van der Waals surface area contributed by atoms with Crippen molar-refractivity contribution in [2.45, 2.75) is 25.9 Å². The van der Waals surface area contributed by atoms with E-state index in [9.17, 15) is 4.79 Å². The van der Waals surface area contributed by atoms with Gasteiger partial charge in [0.15, 0.2) is 5.11 Å². The van der Waals surface area contributed by atoms with Crippen molar-refractivity contribution < 1.29 is 14.3 Å². The maximum absolute atomic E-state index is 12.4. The summed E-state index contributed by atoms with van der Waals surface area (Å²) in [6.45, 7) is 4.07. The minimum absolute atomic E-state index is 0.171. The monoisotopic (exact) mass is 399 g/mol. The van der Waals surface area contributed by atoms with Crippen LogP contribution in [0, 0.1) is 0 Å². The lowest BCUT2D eigenvalue weighted by Gasteiger charge is -2.14. The van der Waals surface area contributed by atoms with Crippen LogP contribution in [0.2, 0.25) is 0 Å². The third kappa shape index (κ3) is 5.94. The third-order valence-electron chi connectivity index (χ3n) is 4.34. The molecule has 148 valence electrons. The zero-order valence-electron chi connectivity index (χ0n) is 15.9. The first kappa shape index (κ1) is 20.1. The number of ether oxygens (including phenoxy) is 2. The van der Waals surface area contributed by atoms with Gasteiger partial charge in [0.25, 0.3) is 5.91 Å². The summed E-state index contributed by atoms with van der Waals surface area (Å²) in [6.07, 6.45) is 2.40. The zero-order valence-corrected chi connectivity index (χ0v) is 16.7. The first-order chi connectivity index (χ1) is 13.6. The molecule has 2 aromatic rings. The fourth-order valence-corrected chi connectivity index (χ4v) is 3.10. The van der Waals surface area contributed by atoms with E-state index in [0.29, 0.717) is 23.8 Å². The second-order valence-corrected chi connectivity index (χ2v) is 6.87. The number of carbonyl (C=O) groups is 1. The summed E-state index contributed by atoms with van der Waals surface area (Å²) in [5.41, 5.74) is 2.11. The number of nitrogens with one attached hydrogen (secondary N) is 3. The summed E-state index contributed by atoms with van der Waals surface area (Å²) >= 11 is 5.30. The molecule has 1 fully saturated rings. The Hall–Kier alpha value is -2.64. The lowest BCUT2D eigenvalue weighted by atomic mass is 10.2. The van der Waals surface area contributed by atoms with E-state index in [1.54, 1.807) is 12.1 Å². The van der Waals surface area contributed by atoms with E-state index in [2.05, 4.69) is 16.0 Å². The molecule has 1 saturated heterocycles. The Kier molecular flexibility index (Phi) is 7.22. The molecule has 1 amide bonds. The Morgan fingerprint density at radius 1 is 1.11 bits per heavy atom. The van der Waals surface area contributed by atoms with Crippen molar-refractivity contribution in [2.75, 3.05) is 30.4 Å². The van der Waals surface area contributed by atoms with Crippen molar-refractivity contribution in [3.05, 3.63) is 54.1 Å². The smallest absolute Gasteiger partial charge is 0.255 e. The van der Waals surface area contributed by atoms with Gasteiger partial charge in [0.1, 0.15) is 5.75 Å². The fourth-order valence-electron chi connectivity index (χ4n) is 2.90. The van der Waals surface area contributed by atoms with Crippen LogP contribution in [0.25, 0.3) is 0 Å². The summed E-state index contributed by atoms with van der Waals surface area (Å²) in [5.74, 6) is 0.606. The molecule has 0 aliphatic carbocycles. The maximum atomic E-state index is 12.4. The third-order valence-corrected chi connectivity index (χ3v) is 4.59. The molecular weight excluding hydrogens is 374 g/mol. The highest BCUT2D eigenvalue weighted by molar-refractivity contribution is 7.80. The van der Waals surface area contributed by atoms with Crippen molar-refractivity contribution in [3.8, 4) is 5.75 Å². The van der Waals surface area contributed by atoms with Crippen LogP contribution in [0.15, 0.2) is 48.5 Å². The van der Waals surface area contributed by atoms with E-state index in [-0.39, 0.29) is 12.0 Å².